The highest BCUT2D eigenvalue weighted by Crippen LogP contribution is 2.46. The summed E-state index contributed by atoms with van der Waals surface area (Å²) in [4.78, 5) is 14.2. The summed E-state index contributed by atoms with van der Waals surface area (Å²) in [7, 11) is 6.82. The average Bonchev–Trinajstić information content (AvgIpc) is 1.25. The molecule has 0 unspecified atom stereocenters. The molecule has 0 amide bonds. The Labute approximate surface area is 743 Å². The van der Waals surface area contributed by atoms with Gasteiger partial charge in [-0.25, -0.2) is 19.4 Å². The zero-order chi connectivity index (χ0) is 108. The Balaban J connectivity index is 0.000000161. The van der Waals surface area contributed by atoms with Crippen molar-refractivity contribution in [1.82, 2.24) is 0 Å². The smallest absolute Gasteiger partial charge is 0.216 e. The molecule has 8 aromatic heterocycles. The molecule has 0 saturated heterocycles. The second kappa shape index (κ2) is 33.7. The fraction of sp³-hybridized carbons (Fsp3) is 0.333. The summed E-state index contributed by atoms with van der Waals surface area (Å²) in [6, 6.07) is 29.0. The molecule has 120 heavy (non-hydrogen) atoms. The van der Waals surface area contributed by atoms with Gasteiger partial charge in [0.05, 0.1) is 54.0 Å². The summed E-state index contributed by atoms with van der Waals surface area (Å²) in [5.41, 5.74) is 17.6. The first kappa shape index (κ1) is 59.2. The van der Waals surface area contributed by atoms with Gasteiger partial charge in [-0.1, -0.05) is 134 Å². The highest BCUT2D eigenvalue weighted by Gasteiger charge is 2.32. The van der Waals surface area contributed by atoms with Gasteiger partial charge in [-0.05, 0) is 217 Å². The van der Waals surface area contributed by atoms with Crippen molar-refractivity contribution < 1.29 is 68.8 Å². The Morgan fingerprint density at radius 2 is 0.675 bits per heavy atom. The molecular weight excluding hydrogens is 1470 g/mol. The molecule has 16 rings (SSSR count). The van der Waals surface area contributed by atoms with Crippen LogP contribution in [0.2, 0.25) is 0 Å². The van der Waals surface area contributed by atoms with Crippen LogP contribution >= 0.6 is 0 Å². The lowest BCUT2D eigenvalue weighted by molar-refractivity contribution is -0.667. The van der Waals surface area contributed by atoms with Crippen LogP contribution < -0.4 is 18.3 Å². The van der Waals surface area contributed by atoms with Gasteiger partial charge in [-0.2, -0.15) is 18.3 Å². The third kappa shape index (κ3) is 15.5. The van der Waals surface area contributed by atoms with Gasteiger partial charge < -0.3 is 17.7 Å². The fourth-order valence-electron chi connectivity index (χ4n) is 16.0. The van der Waals surface area contributed by atoms with Crippen molar-refractivity contribution in [2.24, 2.45) is 51.9 Å². The lowest BCUT2D eigenvalue weighted by atomic mass is 9.92. The van der Waals surface area contributed by atoms with E-state index in [4.69, 9.17) is 71.4 Å². The van der Waals surface area contributed by atoms with E-state index in [0.29, 0.717) is 135 Å². The van der Waals surface area contributed by atoms with E-state index in [1.807, 2.05) is 122 Å². The monoisotopic (exact) mass is 1610 g/mol. The van der Waals surface area contributed by atoms with Gasteiger partial charge in [-0.15, -0.1) is 0 Å². The molecule has 0 saturated carbocycles. The van der Waals surface area contributed by atoms with Crippen molar-refractivity contribution in [1.29, 1.82) is 0 Å². The summed E-state index contributed by atoms with van der Waals surface area (Å²) in [6.45, 7) is 54.6. The topological polar surface area (TPSA) is 85.5 Å². The molecule has 12 heteroatoms. The Morgan fingerprint density at radius 3 is 1.11 bits per heavy atom. The average molecular weight is 1610 g/mol. The van der Waals surface area contributed by atoms with Crippen molar-refractivity contribution in [3.63, 3.8) is 0 Å². The number of aryl methyl sites for hydroxylation is 8. The Hall–Kier alpha value is -12.5. The fourth-order valence-corrected chi connectivity index (χ4v) is 16.0. The third-order valence-electron chi connectivity index (χ3n) is 22.6. The molecule has 608 valence electrons. The molecule has 0 atom stereocenters. The minimum atomic E-state index is -2.60. The first-order chi connectivity index (χ1) is 66.5. The third-order valence-corrected chi connectivity index (χ3v) is 22.6. The molecule has 0 spiro atoms. The van der Waals surface area contributed by atoms with Crippen molar-refractivity contribution in [3.8, 4) is 45.0 Å². The first-order valence-electron chi connectivity index (χ1n) is 52.0. The summed E-state index contributed by atoms with van der Waals surface area (Å²) < 4.78 is 238. The maximum atomic E-state index is 9.22. The first-order valence-corrected chi connectivity index (χ1v) is 40.0. The standard InChI is InChI=1S/4C27H29N2O/c1-15(2)11-20-13-23(29(8)19(6)18(20)5)26-17(4)12-16(3)25-22-10-9-21(28-7)14-24(22)30-27(25)26;1-15(2)11-20-13-23(29(8)19(6)18(20)5)26-16(3)9-10-22-25-17(4)12-21(28-7)14-24(25)30-27(22)26;1-15(2)11-20-13-24(29(8)19(6)18(20)5)26-16(3)9-10-21-22-12-17(4)23(28-7)14-25(22)30-27(21)26;1-15(2)13-20-14-24(29(8)19(6)17(20)4)25-16(3)9-10-22-21-11-12-23(28-7)18(5)26(21)30-27(22)25/h3*9-10,12-15H,11H2,1-6,8H3;9-12,14-15H,13H2,1-6,8H3/q4*+1/i3*5D3,11D2,13D;4D3,13D2,14D. The summed E-state index contributed by atoms with van der Waals surface area (Å²) in [5.74, 6) is -2.22. The largest absolute Gasteiger partial charge is 0.456 e. The number of aromatic nitrogens is 4. The normalized spacial score (nSPS) is 15.4. The lowest BCUT2D eigenvalue weighted by Gasteiger charge is -2.14. The van der Waals surface area contributed by atoms with Crippen LogP contribution in [-0.4, -0.2) is 0 Å². The molecular formula is C108H116N8O4+4. The molecule has 0 radical (unpaired) electrons. The quantitative estimate of drug-likeness (QED) is 0.0901. The molecule has 12 nitrogen and oxygen atoms in total. The number of hydrogen-bond acceptors (Lipinski definition) is 4. The predicted octanol–water partition coefficient (Wildman–Crippen LogP) is 28.2. The van der Waals surface area contributed by atoms with Crippen LogP contribution in [0.3, 0.4) is 0 Å². The number of fused-ring (bicyclic) bond motifs is 12. The lowest BCUT2D eigenvalue weighted by Crippen LogP contribution is -2.36. The van der Waals surface area contributed by atoms with Gasteiger partial charge in [0.2, 0.25) is 22.8 Å². The van der Waals surface area contributed by atoms with E-state index >= 15 is 0 Å². The summed E-state index contributed by atoms with van der Waals surface area (Å²) >= 11 is 0. The van der Waals surface area contributed by atoms with Crippen LogP contribution in [0, 0.1) is 160 Å². The molecule has 0 bridgehead atoms. The number of nitrogens with zero attached hydrogens (tertiary/aromatic N) is 8. The second-order valence-corrected chi connectivity index (χ2v) is 32.6. The van der Waals surface area contributed by atoms with Crippen LogP contribution in [0.15, 0.2) is 139 Å². The molecule has 0 fully saturated rings. The zero-order valence-electron chi connectivity index (χ0n) is 96.8. The highest BCUT2D eigenvalue weighted by molar-refractivity contribution is 6.15. The van der Waals surface area contributed by atoms with E-state index in [0.717, 1.165) is 87.6 Å². The second-order valence-electron chi connectivity index (χ2n) is 32.6. The van der Waals surface area contributed by atoms with Crippen molar-refractivity contribution in [3.05, 3.63) is 279 Å². The summed E-state index contributed by atoms with van der Waals surface area (Å²) in [6.07, 6.45) is -8.20. The number of furan rings is 4. The number of pyridine rings is 4. The van der Waals surface area contributed by atoms with E-state index in [9.17, 15) is 5.48 Å². The molecule has 8 heterocycles. The van der Waals surface area contributed by atoms with E-state index in [1.165, 1.54) is 0 Å². The van der Waals surface area contributed by atoms with E-state index in [-0.39, 0.29) is 68.7 Å². The maximum absolute atomic E-state index is 9.22. The number of benzene rings is 8. The van der Waals surface area contributed by atoms with Crippen molar-refractivity contribution in [2.75, 3.05) is 0 Å². The summed E-state index contributed by atoms with van der Waals surface area (Å²) in [5, 5.41) is 6.72. The van der Waals surface area contributed by atoms with Crippen LogP contribution in [0.1, 0.15) is 200 Å². The van der Waals surface area contributed by atoms with Crippen LogP contribution in [-0.2, 0) is 53.7 Å². The number of rotatable bonds is 12. The van der Waals surface area contributed by atoms with E-state index in [1.54, 1.807) is 160 Å². The minimum absolute atomic E-state index is 0.109. The molecule has 0 aliphatic carbocycles. The molecule has 8 aromatic carbocycles. The number of hydrogen-bond donors (Lipinski definition) is 0. The molecule has 0 N–H and O–H groups in total. The maximum Gasteiger partial charge on any atom is 0.216 e. The Bertz CT molecular complexity index is 8130. The van der Waals surface area contributed by atoms with Gasteiger partial charge in [0.25, 0.3) is 0 Å². The Kier molecular flexibility index (Phi) is 16.6. The Morgan fingerprint density at radius 1 is 0.317 bits per heavy atom. The van der Waals surface area contributed by atoms with Gasteiger partial charge in [0.15, 0.2) is 45.5 Å². The van der Waals surface area contributed by atoms with Crippen LogP contribution in [0.25, 0.3) is 152 Å². The predicted molar refractivity (Wildman–Crippen MR) is 496 cm³/mol. The van der Waals surface area contributed by atoms with Crippen molar-refractivity contribution in [2.45, 2.75) is 191 Å². The van der Waals surface area contributed by atoms with Crippen molar-refractivity contribution >= 4 is 111 Å². The van der Waals surface area contributed by atoms with E-state index < -0.39 is 76.6 Å². The molecule has 16 aromatic rings. The van der Waals surface area contributed by atoms with Gasteiger partial charge in [-0.3, -0.25) is 0 Å². The van der Waals surface area contributed by atoms with Crippen LogP contribution in [0.5, 0.6) is 0 Å². The minimum Gasteiger partial charge on any atom is -0.456 e. The van der Waals surface area contributed by atoms with E-state index in [2.05, 4.69) is 19.4 Å². The molecule has 0 aliphatic rings. The van der Waals surface area contributed by atoms with Gasteiger partial charge in [0, 0.05) is 145 Å². The van der Waals surface area contributed by atoms with Crippen LogP contribution in [0.4, 0.5) is 22.7 Å². The SMILES string of the molecule is [2H]c1c(C([2H])([2H])C(C)C)c(C([2H])([2H])[2H])c(C)[n+](C)c1-c1c(C)cc(C)c2c1oc1cc([N+]#[C-])ccc12.[2H]c1c(C([2H])([2H])C(C)C)c(C([2H])([2H])[2H])c(C)[n+](C)c1-c1c(C)ccc2c1oc1c(C)c([N+]#[C-])ccc12.[2H]c1c(C([2H])([2H])C(C)C)c(C([2H])([2H])[2H])c(C)[n+](C)c1-c1c(C)ccc2c1oc1cc([N+]#[C-])c(C)cc12.[2H]c1c(C([2H])([2H])C(C)C)c(C([2H])([2H])[2H])c(C)[n+](C)c1-c1c(C)ccc2c1oc1cc([N+]#[C-])cc(C)c12. The highest BCUT2D eigenvalue weighted by atomic mass is 16.3. The zero-order valence-corrected chi connectivity index (χ0v) is 72.8. The van der Waals surface area contributed by atoms with Gasteiger partial charge in [0.1, 0.15) is 72.9 Å². The molecule has 0 aliphatic heterocycles. The van der Waals surface area contributed by atoms with Gasteiger partial charge >= 0.3 is 0 Å².